The van der Waals surface area contributed by atoms with Crippen LogP contribution in [0.3, 0.4) is 0 Å². The number of nitrogens with one attached hydrogen (secondary N) is 1. The van der Waals surface area contributed by atoms with Gasteiger partial charge in [0.25, 0.3) is 0 Å². The molecular formula is C13H15BrN2O2S. The number of hydrogen-bond acceptors (Lipinski definition) is 3. The topological polar surface area (TPSA) is 72.2 Å². The van der Waals surface area contributed by atoms with Crippen LogP contribution in [0.15, 0.2) is 22.0 Å². The van der Waals surface area contributed by atoms with Crippen molar-refractivity contribution in [2.24, 2.45) is 5.73 Å². The number of hydrogen-bond donors (Lipinski definition) is 2. The summed E-state index contributed by atoms with van der Waals surface area (Å²) >= 11 is 4.89. The Morgan fingerprint density at radius 2 is 2.11 bits per heavy atom. The van der Waals surface area contributed by atoms with Crippen LogP contribution in [0.25, 0.3) is 6.08 Å². The first-order chi connectivity index (χ1) is 9.02. The first-order valence-electron chi connectivity index (χ1n) is 6.06. The Labute approximate surface area is 124 Å². The van der Waals surface area contributed by atoms with E-state index in [2.05, 4.69) is 21.2 Å². The van der Waals surface area contributed by atoms with Crippen LogP contribution in [0.1, 0.15) is 30.6 Å². The number of carbonyl (C=O) groups is 2. The lowest BCUT2D eigenvalue weighted by molar-refractivity contribution is -0.129. The lowest BCUT2D eigenvalue weighted by Crippen LogP contribution is -2.55. The zero-order valence-corrected chi connectivity index (χ0v) is 12.7. The number of carbonyl (C=O) groups excluding carboxylic acids is 2. The van der Waals surface area contributed by atoms with E-state index in [-0.39, 0.29) is 5.91 Å². The predicted molar refractivity (Wildman–Crippen MR) is 79.6 cm³/mol. The van der Waals surface area contributed by atoms with Crippen molar-refractivity contribution in [3.63, 3.8) is 0 Å². The summed E-state index contributed by atoms with van der Waals surface area (Å²) in [4.78, 5) is 24.4. The molecule has 1 aromatic heterocycles. The number of primary amides is 1. The first kappa shape index (κ1) is 14.3. The molecule has 1 fully saturated rings. The molecule has 1 aliphatic carbocycles. The molecule has 0 unspecified atom stereocenters. The Morgan fingerprint density at radius 3 is 2.63 bits per heavy atom. The molecule has 0 spiro atoms. The standard InChI is InChI=1S/C13H15BrN2O2S/c14-9-7-10(19-8-9)3-4-11(17)16-13(12(15)18)5-1-2-6-13/h3-4,7-8H,1-2,5-6H2,(H2,15,18)(H,16,17)/b4-3+. The zero-order chi connectivity index (χ0) is 13.9. The van der Waals surface area contributed by atoms with Crippen LogP contribution in [-0.4, -0.2) is 17.4 Å². The smallest absolute Gasteiger partial charge is 0.244 e. The summed E-state index contributed by atoms with van der Waals surface area (Å²) in [6.45, 7) is 0. The van der Waals surface area contributed by atoms with E-state index >= 15 is 0 Å². The average Bonchev–Trinajstić information content (AvgIpc) is 2.97. The maximum Gasteiger partial charge on any atom is 0.244 e. The van der Waals surface area contributed by atoms with Gasteiger partial charge >= 0.3 is 0 Å². The van der Waals surface area contributed by atoms with E-state index in [9.17, 15) is 9.59 Å². The predicted octanol–water partition coefficient (Wildman–Crippen LogP) is 2.44. The van der Waals surface area contributed by atoms with Crippen LogP contribution in [0, 0.1) is 0 Å². The SMILES string of the molecule is NC(=O)C1(NC(=O)/C=C/c2cc(Br)cs2)CCCC1. The van der Waals surface area contributed by atoms with Crippen LogP contribution < -0.4 is 11.1 Å². The van der Waals surface area contributed by atoms with Gasteiger partial charge in [0.15, 0.2) is 0 Å². The summed E-state index contributed by atoms with van der Waals surface area (Å²) in [6, 6.07) is 1.92. The van der Waals surface area contributed by atoms with Gasteiger partial charge in [-0.25, -0.2) is 0 Å². The minimum absolute atomic E-state index is 0.273. The maximum atomic E-state index is 11.9. The summed E-state index contributed by atoms with van der Waals surface area (Å²) in [6.07, 6.45) is 6.28. The Hall–Kier alpha value is -1.14. The highest BCUT2D eigenvalue weighted by molar-refractivity contribution is 9.10. The Balaban J connectivity index is 2.00. The molecule has 1 aromatic rings. The average molecular weight is 343 g/mol. The van der Waals surface area contributed by atoms with Gasteiger partial charge in [-0.1, -0.05) is 12.8 Å². The molecule has 0 saturated heterocycles. The van der Waals surface area contributed by atoms with Gasteiger partial charge in [-0.05, 0) is 40.9 Å². The normalized spacial score (nSPS) is 17.7. The largest absolute Gasteiger partial charge is 0.368 e. The maximum absolute atomic E-state index is 11.9. The third kappa shape index (κ3) is 3.45. The van der Waals surface area contributed by atoms with Crippen LogP contribution in [0.4, 0.5) is 0 Å². The van der Waals surface area contributed by atoms with E-state index < -0.39 is 11.4 Å². The molecule has 4 nitrogen and oxygen atoms in total. The van der Waals surface area contributed by atoms with Gasteiger partial charge in [-0.2, -0.15) is 0 Å². The van der Waals surface area contributed by atoms with Gasteiger partial charge in [0, 0.05) is 20.8 Å². The molecule has 0 aliphatic heterocycles. The van der Waals surface area contributed by atoms with E-state index in [1.165, 1.54) is 17.4 Å². The van der Waals surface area contributed by atoms with Gasteiger partial charge in [-0.15, -0.1) is 11.3 Å². The Morgan fingerprint density at radius 1 is 1.42 bits per heavy atom. The molecule has 2 amide bonds. The van der Waals surface area contributed by atoms with E-state index in [4.69, 9.17) is 5.73 Å². The van der Waals surface area contributed by atoms with E-state index in [1.807, 2.05) is 11.4 Å². The van der Waals surface area contributed by atoms with Crippen molar-refractivity contribution in [2.75, 3.05) is 0 Å². The minimum atomic E-state index is -0.850. The van der Waals surface area contributed by atoms with Crippen molar-refractivity contribution in [1.82, 2.24) is 5.32 Å². The molecule has 2 rings (SSSR count). The molecule has 19 heavy (non-hydrogen) atoms. The summed E-state index contributed by atoms with van der Waals surface area (Å²) in [5, 5.41) is 4.71. The fourth-order valence-corrected chi connectivity index (χ4v) is 3.60. The highest BCUT2D eigenvalue weighted by Crippen LogP contribution is 2.29. The van der Waals surface area contributed by atoms with Gasteiger partial charge in [-0.3, -0.25) is 9.59 Å². The highest BCUT2D eigenvalue weighted by atomic mass is 79.9. The summed E-state index contributed by atoms with van der Waals surface area (Å²) in [7, 11) is 0. The van der Waals surface area contributed by atoms with Crippen molar-refractivity contribution in [3.05, 3.63) is 26.9 Å². The second kappa shape index (κ2) is 5.88. The van der Waals surface area contributed by atoms with Crippen molar-refractivity contribution in [3.8, 4) is 0 Å². The third-order valence-electron chi connectivity index (χ3n) is 3.28. The van der Waals surface area contributed by atoms with E-state index in [0.29, 0.717) is 12.8 Å². The first-order valence-corrected chi connectivity index (χ1v) is 7.73. The summed E-state index contributed by atoms with van der Waals surface area (Å²) < 4.78 is 0.988. The minimum Gasteiger partial charge on any atom is -0.368 e. The molecule has 1 saturated carbocycles. The second-order valence-electron chi connectivity index (χ2n) is 4.64. The van der Waals surface area contributed by atoms with E-state index in [0.717, 1.165) is 22.2 Å². The molecule has 0 atom stereocenters. The highest BCUT2D eigenvalue weighted by Gasteiger charge is 2.40. The Kier molecular flexibility index (Phi) is 4.42. The van der Waals surface area contributed by atoms with Crippen molar-refractivity contribution < 1.29 is 9.59 Å². The molecule has 1 heterocycles. The van der Waals surface area contributed by atoms with Crippen molar-refractivity contribution >= 4 is 45.2 Å². The molecule has 1 aliphatic rings. The molecule has 0 aromatic carbocycles. The molecular weight excluding hydrogens is 328 g/mol. The Bertz CT molecular complexity index is 518. The molecule has 102 valence electrons. The zero-order valence-electron chi connectivity index (χ0n) is 10.3. The molecule has 0 radical (unpaired) electrons. The lowest BCUT2D eigenvalue weighted by atomic mass is 9.96. The number of thiophene rings is 1. The molecule has 3 N–H and O–H groups in total. The fourth-order valence-electron chi connectivity index (χ4n) is 2.26. The summed E-state index contributed by atoms with van der Waals surface area (Å²) in [5.74, 6) is -0.712. The third-order valence-corrected chi connectivity index (χ3v) is 4.94. The number of halogens is 1. The number of nitrogens with two attached hydrogens (primary N) is 1. The van der Waals surface area contributed by atoms with Crippen LogP contribution in [-0.2, 0) is 9.59 Å². The van der Waals surface area contributed by atoms with Crippen LogP contribution in [0.5, 0.6) is 0 Å². The van der Waals surface area contributed by atoms with Crippen molar-refractivity contribution in [2.45, 2.75) is 31.2 Å². The van der Waals surface area contributed by atoms with Crippen LogP contribution >= 0.6 is 27.3 Å². The van der Waals surface area contributed by atoms with Crippen LogP contribution in [0.2, 0.25) is 0 Å². The number of amides is 2. The van der Waals surface area contributed by atoms with Gasteiger partial charge in [0.05, 0.1) is 0 Å². The van der Waals surface area contributed by atoms with E-state index in [1.54, 1.807) is 6.08 Å². The van der Waals surface area contributed by atoms with Crippen molar-refractivity contribution in [1.29, 1.82) is 0 Å². The molecule has 0 bridgehead atoms. The van der Waals surface area contributed by atoms with Gasteiger partial charge < -0.3 is 11.1 Å². The summed E-state index contributed by atoms with van der Waals surface area (Å²) in [5.41, 5.74) is 4.56. The second-order valence-corrected chi connectivity index (χ2v) is 6.50. The van der Waals surface area contributed by atoms with Gasteiger partial charge in [0.1, 0.15) is 5.54 Å². The van der Waals surface area contributed by atoms with Gasteiger partial charge in [0.2, 0.25) is 11.8 Å². The molecule has 6 heteroatoms. The quantitative estimate of drug-likeness (QED) is 0.825. The monoisotopic (exact) mass is 342 g/mol. The number of rotatable bonds is 4. The lowest BCUT2D eigenvalue weighted by Gasteiger charge is -2.25. The fraction of sp³-hybridized carbons (Fsp3) is 0.385.